The second-order valence-electron chi connectivity index (χ2n) is 14.7. The van der Waals surface area contributed by atoms with Gasteiger partial charge in [0.15, 0.2) is 0 Å². The molecule has 0 aliphatic carbocycles. The number of para-hydroxylation sites is 1. The largest absolute Gasteiger partial charge is 0.458 e. The first-order valence-electron chi connectivity index (χ1n) is 18.9. The summed E-state index contributed by atoms with van der Waals surface area (Å²) >= 11 is 0. The van der Waals surface area contributed by atoms with Gasteiger partial charge in [-0.3, -0.25) is 0 Å². The van der Waals surface area contributed by atoms with E-state index in [0.717, 1.165) is 67.3 Å². The normalized spacial score (nSPS) is 12.6. The van der Waals surface area contributed by atoms with Gasteiger partial charge in [0.1, 0.15) is 22.7 Å². The van der Waals surface area contributed by atoms with Crippen molar-refractivity contribution in [2.24, 2.45) is 0 Å². The number of fused-ring (bicyclic) bond motifs is 7. The average molecular weight is 707 g/mol. The van der Waals surface area contributed by atoms with Crippen LogP contribution in [0.4, 0.5) is 34.1 Å². The highest BCUT2D eigenvalue weighted by molar-refractivity contribution is 6.99. The molecule has 0 radical (unpaired) electrons. The Kier molecular flexibility index (Phi) is 7.05. The predicted molar refractivity (Wildman–Crippen MR) is 229 cm³/mol. The predicted octanol–water partition coefficient (Wildman–Crippen LogP) is 11.7. The minimum absolute atomic E-state index is 0.0212. The van der Waals surface area contributed by atoms with Crippen LogP contribution in [0, 0.1) is 13.8 Å². The van der Waals surface area contributed by atoms with E-state index in [1.54, 1.807) is 0 Å². The van der Waals surface area contributed by atoms with Crippen molar-refractivity contribution < 1.29 is 9.15 Å². The van der Waals surface area contributed by atoms with Gasteiger partial charge in [-0.05, 0) is 114 Å². The van der Waals surface area contributed by atoms with Crippen LogP contribution in [0.15, 0.2) is 180 Å². The second-order valence-corrected chi connectivity index (χ2v) is 14.7. The van der Waals surface area contributed by atoms with Crippen LogP contribution in [-0.2, 0) is 0 Å². The van der Waals surface area contributed by atoms with Crippen LogP contribution in [0.5, 0.6) is 11.5 Å². The molecule has 0 bridgehead atoms. The van der Waals surface area contributed by atoms with E-state index in [-0.39, 0.29) is 6.71 Å². The van der Waals surface area contributed by atoms with Crippen LogP contribution in [-0.4, -0.2) is 6.71 Å². The maximum atomic E-state index is 6.96. The van der Waals surface area contributed by atoms with Gasteiger partial charge < -0.3 is 19.0 Å². The molecule has 2 aliphatic heterocycles. The molecule has 0 amide bonds. The number of rotatable bonds is 5. The summed E-state index contributed by atoms with van der Waals surface area (Å²) in [4.78, 5) is 4.71. The summed E-state index contributed by atoms with van der Waals surface area (Å²) in [5.74, 6) is 1.76. The van der Waals surface area contributed by atoms with E-state index in [1.165, 1.54) is 38.9 Å². The lowest BCUT2D eigenvalue weighted by Crippen LogP contribution is -2.59. The Hall–Kier alpha value is -6.98. The van der Waals surface area contributed by atoms with Crippen molar-refractivity contribution in [1.82, 2.24) is 0 Å². The highest BCUT2D eigenvalue weighted by Crippen LogP contribution is 2.44. The van der Waals surface area contributed by atoms with E-state index in [1.807, 2.05) is 12.1 Å². The average Bonchev–Trinajstić information content (AvgIpc) is 3.60. The lowest BCUT2D eigenvalue weighted by molar-refractivity contribution is 0.487. The molecule has 8 aromatic carbocycles. The van der Waals surface area contributed by atoms with Crippen LogP contribution >= 0.6 is 0 Å². The summed E-state index contributed by atoms with van der Waals surface area (Å²) in [7, 11) is 0. The quantitative estimate of drug-likeness (QED) is 0.167. The Morgan fingerprint density at radius 2 is 1.18 bits per heavy atom. The minimum atomic E-state index is 0.0212. The molecule has 3 heterocycles. The van der Waals surface area contributed by atoms with Gasteiger partial charge in [-0.1, -0.05) is 108 Å². The molecule has 0 unspecified atom stereocenters. The molecule has 0 saturated heterocycles. The Balaban J connectivity index is 1.08. The van der Waals surface area contributed by atoms with Crippen molar-refractivity contribution in [2.45, 2.75) is 13.8 Å². The van der Waals surface area contributed by atoms with Gasteiger partial charge in [-0.25, -0.2) is 0 Å². The highest BCUT2D eigenvalue weighted by Gasteiger charge is 2.42. The zero-order valence-corrected chi connectivity index (χ0v) is 30.5. The topological polar surface area (TPSA) is 28.9 Å². The summed E-state index contributed by atoms with van der Waals surface area (Å²) in [5.41, 5.74) is 16.8. The Morgan fingerprint density at radius 1 is 0.473 bits per heavy atom. The van der Waals surface area contributed by atoms with Crippen LogP contribution in [0.2, 0.25) is 0 Å². The number of ether oxygens (including phenoxy) is 1. The fourth-order valence-electron chi connectivity index (χ4n) is 8.64. The molecule has 0 spiro atoms. The van der Waals surface area contributed by atoms with Gasteiger partial charge in [0, 0.05) is 51.0 Å². The first-order chi connectivity index (χ1) is 27.1. The van der Waals surface area contributed by atoms with Crippen molar-refractivity contribution >= 4 is 79.2 Å². The van der Waals surface area contributed by atoms with Crippen molar-refractivity contribution in [1.29, 1.82) is 0 Å². The SMILES string of the molecule is Cc1ccc(N2c3ccc(C)cc3B3c4ccc(N(c5ccc(-c6ccccc6)cc5)c5ccc6oc7ccccc7c6c5)cc4Oc4cccc2c43)cc1. The fraction of sp³-hybridized carbons (Fsp3) is 0.0400. The molecule has 5 heteroatoms. The lowest BCUT2D eigenvalue weighted by atomic mass is 9.34. The van der Waals surface area contributed by atoms with Gasteiger partial charge >= 0.3 is 0 Å². The van der Waals surface area contributed by atoms with E-state index < -0.39 is 0 Å². The van der Waals surface area contributed by atoms with Crippen molar-refractivity contribution in [3.05, 3.63) is 187 Å². The fourth-order valence-corrected chi connectivity index (χ4v) is 8.64. The Labute approximate surface area is 320 Å². The van der Waals surface area contributed by atoms with Crippen molar-refractivity contribution in [2.75, 3.05) is 9.80 Å². The molecule has 4 nitrogen and oxygen atoms in total. The number of hydrogen-bond donors (Lipinski definition) is 0. The molecular weight excluding hydrogens is 671 g/mol. The summed E-state index contributed by atoms with van der Waals surface area (Å²) in [6.07, 6.45) is 0. The van der Waals surface area contributed by atoms with Crippen molar-refractivity contribution in [3.63, 3.8) is 0 Å². The zero-order valence-electron chi connectivity index (χ0n) is 30.5. The van der Waals surface area contributed by atoms with E-state index in [2.05, 4.69) is 187 Å². The molecule has 0 atom stereocenters. The molecule has 0 fully saturated rings. The van der Waals surface area contributed by atoms with Crippen LogP contribution in [0.25, 0.3) is 33.1 Å². The van der Waals surface area contributed by atoms with E-state index >= 15 is 0 Å². The Morgan fingerprint density at radius 3 is 2.04 bits per heavy atom. The van der Waals surface area contributed by atoms with Crippen LogP contribution in [0.1, 0.15) is 11.1 Å². The molecule has 0 saturated carbocycles. The third-order valence-corrected chi connectivity index (χ3v) is 11.2. The lowest BCUT2D eigenvalue weighted by Gasteiger charge is -2.40. The van der Waals surface area contributed by atoms with E-state index in [0.29, 0.717) is 0 Å². The molecular formula is C50H35BN2O2. The highest BCUT2D eigenvalue weighted by atomic mass is 16.5. The molecule has 11 rings (SSSR count). The molecule has 0 N–H and O–H groups in total. The van der Waals surface area contributed by atoms with Crippen LogP contribution < -0.4 is 30.9 Å². The van der Waals surface area contributed by atoms with Gasteiger partial charge in [0.25, 0.3) is 6.71 Å². The third kappa shape index (κ3) is 5.08. The number of nitrogens with zero attached hydrogens (tertiary/aromatic N) is 2. The van der Waals surface area contributed by atoms with E-state index in [9.17, 15) is 0 Å². The summed E-state index contributed by atoms with van der Waals surface area (Å²) in [5, 5.41) is 2.19. The first kappa shape index (κ1) is 31.5. The maximum Gasteiger partial charge on any atom is 0.256 e. The Bertz CT molecular complexity index is 2930. The number of furan rings is 1. The third-order valence-electron chi connectivity index (χ3n) is 11.2. The number of anilines is 6. The zero-order chi connectivity index (χ0) is 36.6. The van der Waals surface area contributed by atoms with Gasteiger partial charge in [-0.2, -0.15) is 0 Å². The molecule has 1 aromatic heterocycles. The second kappa shape index (κ2) is 12.3. The molecule has 260 valence electrons. The van der Waals surface area contributed by atoms with Gasteiger partial charge in [0.05, 0.1) is 0 Å². The van der Waals surface area contributed by atoms with Gasteiger partial charge in [-0.15, -0.1) is 0 Å². The smallest absolute Gasteiger partial charge is 0.256 e. The molecule has 9 aromatic rings. The van der Waals surface area contributed by atoms with Gasteiger partial charge in [0.2, 0.25) is 0 Å². The number of aryl methyl sites for hydroxylation is 2. The first-order valence-corrected chi connectivity index (χ1v) is 18.9. The monoisotopic (exact) mass is 706 g/mol. The number of benzene rings is 8. The van der Waals surface area contributed by atoms with Crippen LogP contribution in [0.3, 0.4) is 0 Å². The molecule has 2 aliphatic rings. The summed E-state index contributed by atoms with van der Waals surface area (Å²) < 4.78 is 13.2. The summed E-state index contributed by atoms with van der Waals surface area (Å²) in [6, 6.07) is 63.0. The minimum Gasteiger partial charge on any atom is -0.458 e. The maximum absolute atomic E-state index is 6.96. The van der Waals surface area contributed by atoms with E-state index in [4.69, 9.17) is 9.15 Å². The summed E-state index contributed by atoms with van der Waals surface area (Å²) in [6.45, 7) is 4.34. The number of hydrogen-bond acceptors (Lipinski definition) is 4. The van der Waals surface area contributed by atoms with Crippen molar-refractivity contribution in [3.8, 4) is 22.6 Å². The standard InChI is InChI=1S/C50H35BN2O2/c1-32-15-20-37(21-16-32)53-44-27-17-33(2)29-43(44)51-42-26-24-39(31-49(42)55-48-14-8-12-45(53)50(48)51)52(36-22-18-35(19-23-36)34-9-4-3-5-10-34)38-25-28-47-41(30-38)40-11-6-7-13-46(40)54-47/h3-31H,1-2H3. The molecule has 55 heavy (non-hydrogen) atoms.